The van der Waals surface area contributed by atoms with Gasteiger partial charge in [-0.2, -0.15) is 0 Å². The van der Waals surface area contributed by atoms with Crippen molar-refractivity contribution < 1.29 is 19.0 Å². The van der Waals surface area contributed by atoms with Crippen LogP contribution in [0.3, 0.4) is 0 Å². The molecule has 17 heavy (non-hydrogen) atoms. The predicted octanol–water partition coefficient (Wildman–Crippen LogP) is 2.65. The lowest BCUT2D eigenvalue weighted by atomic mass is 9.75. The topological polar surface area (TPSA) is 44.8 Å². The van der Waals surface area contributed by atoms with Gasteiger partial charge < -0.3 is 14.2 Å². The molecule has 0 N–H and O–H groups in total. The Morgan fingerprint density at radius 1 is 1.29 bits per heavy atom. The average molecular weight is 240 g/mol. The summed E-state index contributed by atoms with van der Waals surface area (Å²) in [5.74, 6) is 0.392. The number of fused-ring (bicyclic) bond motifs is 2. The average Bonchev–Trinajstić information content (AvgIpc) is 3.04. The Balaban J connectivity index is 1.77. The van der Waals surface area contributed by atoms with Crippen LogP contribution in [0.25, 0.3) is 0 Å². The van der Waals surface area contributed by atoms with Gasteiger partial charge in [0.1, 0.15) is 5.60 Å². The summed E-state index contributed by atoms with van der Waals surface area (Å²) in [6, 6.07) is 0. The molecule has 3 atom stereocenters. The second kappa shape index (κ2) is 4.16. The van der Waals surface area contributed by atoms with Crippen LogP contribution in [0, 0.1) is 5.92 Å². The van der Waals surface area contributed by atoms with Gasteiger partial charge in [0, 0.05) is 5.92 Å². The number of rotatable bonds is 2. The van der Waals surface area contributed by atoms with Crippen molar-refractivity contribution in [3.63, 3.8) is 0 Å². The maximum atomic E-state index is 11.5. The van der Waals surface area contributed by atoms with Crippen molar-refractivity contribution in [1.29, 1.82) is 0 Å². The summed E-state index contributed by atoms with van der Waals surface area (Å²) in [4.78, 5) is 11.5. The molecule has 3 aliphatic rings. The van der Waals surface area contributed by atoms with Crippen molar-refractivity contribution in [2.45, 2.75) is 62.8 Å². The normalized spacial score (nSPS) is 38.3. The Labute approximate surface area is 102 Å². The van der Waals surface area contributed by atoms with Crippen molar-refractivity contribution in [1.82, 2.24) is 0 Å². The van der Waals surface area contributed by atoms with Crippen LogP contribution in [-0.4, -0.2) is 31.1 Å². The van der Waals surface area contributed by atoms with E-state index in [-0.39, 0.29) is 5.60 Å². The molecule has 0 spiro atoms. The largest absolute Gasteiger partial charge is 0.508 e. The summed E-state index contributed by atoms with van der Waals surface area (Å²) in [5.41, 5.74) is -0.299. The molecule has 0 aromatic heterocycles. The summed E-state index contributed by atoms with van der Waals surface area (Å²) in [6.07, 6.45) is 7.77. The van der Waals surface area contributed by atoms with E-state index in [2.05, 4.69) is 4.74 Å². The van der Waals surface area contributed by atoms with Crippen molar-refractivity contribution in [2.75, 3.05) is 7.11 Å². The van der Waals surface area contributed by atoms with Crippen LogP contribution in [0.2, 0.25) is 0 Å². The standard InChI is InChI=1S/C13H20O4/c1-15-12(14)17-13(6-2-3-7-13)10-8-9-4-5-11(10)16-9/h9-11H,2-8H2,1H3. The summed E-state index contributed by atoms with van der Waals surface area (Å²) in [5, 5.41) is 0. The Kier molecular flexibility index (Phi) is 2.77. The van der Waals surface area contributed by atoms with E-state index in [9.17, 15) is 4.79 Å². The maximum Gasteiger partial charge on any atom is 0.508 e. The van der Waals surface area contributed by atoms with E-state index in [1.54, 1.807) is 0 Å². The quantitative estimate of drug-likeness (QED) is 0.696. The van der Waals surface area contributed by atoms with Gasteiger partial charge >= 0.3 is 6.16 Å². The van der Waals surface area contributed by atoms with Gasteiger partial charge in [0.15, 0.2) is 0 Å². The fourth-order valence-electron chi connectivity index (χ4n) is 3.92. The van der Waals surface area contributed by atoms with Crippen molar-refractivity contribution >= 4 is 6.16 Å². The van der Waals surface area contributed by atoms with Gasteiger partial charge in [0.05, 0.1) is 19.3 Å². The molecule has 1 saturated carbocycles. The third-order valence-electron chi connectivity index (χ3n) is 4.68. The number of carbonyl (C=O) groups is 1. The fraction of sp³-hybridized carbons (Fsp3) is 0.923. The molecule has 0 amide bonds. The van der Waals surface area contributed by atoms with Crippen LogP contribution < -0.4 is 0 Å². The lowest BCUT2D eigenvalue weighted by Gasteiger charge is -2.37. The van der Waals surface area contributed by atoms with Crippen molar-refractivity contribution in [3.8, 4) is 0 Å². The summed E-state index contributed by atoms with van der Waals surface area (Å²) < 4.78 is 16.2. The minimum atomic E-state index is -0.533. The zero-order valence-electron chi connectivity index (χ0n) is 10.3. The molecule has 0 aromatic carbocycles. The third-order valence-corrected chi connectivity index (χ3v) is 4.68. The third kappa shape index (κ3) is 1.82. The van der Waals surface area contributed by atoms with E-state index in [1.165, 1.54) is 13.5 Å². The SMILES string of the molecule is COC(=O)OC1(C2CC3CCC2O3)CCCC1. The molecular formula is C13H20O4. The van der Waals surface area contributed by atoms with Crippen LogP contribution in [0.5, 0.6) is 0 Å². The van der Waals surface area contributed by atoms with E-state index in [0.29, 0.717) is 18.1 Å². The zero-order chi connectivity index (χ0) is 11.9. The van der Waals surface area contributed by atoms with Gasteiger partial charge in [-0.1, -0.05) is 0 Å². The summed E-state index contributed by atoms with van der Waals surface area (Å²) in [7, 11) is 1.38. The smallest absolute Gasteiger partial charge is 0.438 e. The van der Waals surface area contributed by atoms with E-state index in [1.807, 2.05) is 0 Å². The fourth-order valence-corrected chi connectivity index (χ4v) is 3.92. The highest BCUT2D eigenvalue weighted by molar-refractivity contribution is 5.60. The van der Waals surface area contributed by atoms with Crippen LogP contribution in [-0.2, 0) is 14.2 Å². The molecule has 0 aromatic rings. The van der Waals surface area contributed by atoms with Crippen molar-refractivity contribution in [3.05, 3.63) is 0 Å². The van der Waals surface area contributed by atoms with E-state index in [0.717, 1.165) is 38.5 Å². The van der Waals surface area contributed by atoms with Gasteiger partial charge in [-0.15, -0.1) is 0 Å². The van der Waals surface area contributed by atoms with E-state index < -0.39 is 6.16 Å². The predicted molar refractivity (Wildman–Crippen MR) is 60.7 cm³/mol. The number of hydrogen-bond acceptors (Lipinski definition) is 4. The first kappa shape index (κ1) is 11.3. The highest BCUT2D eigenvalue weighted by Gasteiger charge is 2.55. The molecule has 3 unspecified atom stereocenters. The van der Waals surface area contributed by atoms with Crippen LogP contribution in [0.4, 0.5) is 4.79 Å². The summed E-state index contributed by atoms with van der Waals surface area (Å²) >= 11 is 0. The molecule has 4 nitrogen and oxygen atoms in total. The monoisotopic (exact) mass is 240 g/mol. The van der Waals surface area contributed by atoms with Crippen LogP contribution in [0.15, 0.2) is 0 Å². The summed E-state index contributed by atoms with van der Waals surface area (Å²) in [6.45, 7) is 0. The molecule has 2 saturated heterocycles. The highest BCUT2D eigenvalue weighted by atomic mass is 16.7. The van der Waals surface area contributed by atoms with Crippen LogP contribution >= 0.6 is 0 Å². The molecule has 1 aliphatic carbocycles. The minimum absolute atomic E-state index is 0.299. The second-order valence-corrected chi connectivity index (χ2v) is 5.54. The molecule has 2 aliphatic heterocycles. The number of carbonyl (C=O) groups excluding carboxylic acids is 1. The van der Waals surface area contributed by atoms with Crippen molar-refractivity contribution in [2.24, 2.45) is 5.92 Å². The Hall–Kier alpha value is -0.770. The lowest BCUT2D eigenvalue weighted by Crippen LogP contribution is -2.44. The van der Waals surface area contributed by atoms with E-state index >= 15 is 0 Å². The Morgan fingerprint density at radius 2 is 2.06 bits per heavy atom. The minimum Gasteiger partial charge on any atom is -0.438 e. The number of methoxy groups -OCH3 is 1. The first-order chi connectivity index (χ1) is 8.23. The Morgan fingerprint density at radius 3 is 2.59 bits per heavy atom. The van der Waals surface area contributed by atoms with Crippen LogP contribution in [0.1, 0.15) is 44.9 Å². The van der Waals surface area contributed by atoms with Gasteiger partial charge in [-0.05, 0) is 44.9 Å². The molecule has 2 bridgehead atoms. The molecular weight excluding hydrogens is 220 g/mol. The molecule has 4 heteroatoms. The molecule has 0 radical (unpaired) electrons. The molecule has 2 heterocycles. The van der Waals surface area contributed by atoms with Gasteiger partial charge in [0.25, 0.3) is 0 Å². The maximum absolute atomic E-state index is 11.5. The lowest BCUT2D eigenvalue weighted by molar-refractivity contribution is -0.0754. The zero-order valence-corrected chi connectivity index (χ0v) is 10.3. The van der Waals surface area contributed by atoms with Gasteiger partial charge in [-0.25, -0.2) is 4.79 Å². The highest BCUT2D eigenvalue weighted by Crippen LogP contribution is 2.51. The number of ether oxygens (including phenoxy) is 3. The molecule has 96 valence electrons. The van der Waals surface area contributed by atoms with Gasteiger partial charge in [-0.3, -0.25) is 0 Å². The molecule has 3 rings (SSSR count). The molecule has 3 fully saturated rings. The van der Waals surface area contributed by atoms with E-state index in [4.69, 9.17) is 9.47 Å². The second-order valence-electron chi connectivity index (χ2n) is 5.54. The first-order valence-electron chi connectivity index (χ1n) is 6.66. The Bertz CT molecular complexity index is 309. The first-order valence-corrected chi connectivity index (χ1v) is 6.66. The van der Waals surface area contributed by atoms with Gasteiger partial charge in [0.2, 0.25) is 0 Å². The number of hydrogen-bond donors (Lipinski definition) is 0.